The first kappa shape index (κ1) is 19.6. The molecule has 3 aromatic rings. The zero-order valence-electron chi connectivity index (χ0n) is 15.9. The number of Topliss-reactive ketones (excluding diaryl/α,β-unsaturated/α-hetero) is 1. The van der Waals surface area contributed by atoms with E-state index >= 15 is 0 Å². The summed E-state index contributed by atoms with van der Waals surface area (Å²) in [6, 6.07) is 4.90. The zero-order chi connectivity index (χ0) is 21.0. The molecule has 6 nitrogen and oxygen atoms in total. The normalized spacial score (nSPS) is 17.1. The van der Waals surface area contributed by atoms with E-state index in [1.165, 1.54) is 43.4 Å². The lowest BCUT2D eigenvalue weighted by molar-refractivity contribution is 0.101. The lowest BCUT2D eigenvalue weighted by Gasteiger charge is -2.31. The quantitative estimate of drug-likeness (QED) is 0.486. The van der Waals surface area contributed by atoms with E-state index in [2.05, 4.69) is 4.98 Å². The average Bonchev–Trinajstić information content (AvgIpc) is 3.44. The number of benzene rings is 1. The fourth-order valence-corrected chi connectivity index (χ4v) is 4.67. The number of ketones is 1. The van der Waals surface area contributed by atoms with Gasteiger partial charge in [0.25, 0.3) is 0 Å². The van der Waals surface area contributed by atoms with Gasteiger partial charge in [-0.2, -0.15) is 0 Å². The molecule has 1 aromatic carbocycles. The SMILES string of the molecule is CC(=O)c1cn2c(cc1=O)-c1cc(Cl)c(OCC3CC3)cc1OC2c1scnc1Cl. The maximum Gasteiger partial charge on any atom is 0.214 e. The van der Waals surface area contributed by atoms with Crippen molar-refractivity contribution < 1.29 is 14.3 Å². The van der Waals surface area contributed by atoms with Gasteiger partial charge in [0.15, 0.2) is 11.2 Å². The van der Waals surface area contributed by atoms with Crippen molar-refractivity contribution >= 4 is 40.3 Å². The highest BCUT2D eigenvalue weighted by Crippen LogP contribution is 2.46. The summed E-state index contributed by atoms with van der Waals surface area (Å²) in [6.45, 7) is 1.97. The van der Waals surface area contributed by atoms with Gasteiger partial charge in [0.1, 0.15) is 21.5 Å². The Morgan fingerprint density at radius 2 is 2.13 bits per heavy atom. The zero-order valence-corrected chi connectivity index (χ0v) is 18.2. The van der Waals surface area contributed by atoms with E-state index in [9.17, 15) is 9.59 Å². The molecule has 0 N–H and O–H groups in total. The molecule has 5 rings (SSSR count). The summed E-state index contributed by atoms with van der Waals surface area (Å²) in [5.41, 5.74) is 2.56. The molecule has 1 saturated carbocycles. The second-order valence-corrected chi connectivity index (χ2v) is 9.06. The van der Waals surface area contributed by atoms with E-state index in [1.807, 2.05) is 0 Å². The van der Waals surface area contributed by atoms with Crippen LogP contribution in [0.2, 0.25) is 10.2 Å². The summed E-state index contributed by atoms with van der Waals surface area (Å²) in [6.07, 6.45) is 3.16. The van der Waals surface area contributed by atoms with Crippen molar-refractivity contribution in [3.05, 3.63) is 60.7 Å². The Hall–Kier alpha value is -2.35. The first-order chi connectivity index (χ1) is 14.4. The molecule has 9 heteroatoms. The molecule has 2 aliphatic rings. The number of thiazole rings is 1. The molecule has 30 heavy (non-hydrogen) atoms. The largest absolute Gasteiger partial charge is 0.492 e. The van der Waals surface area contributed by atoms with Crippen LogP contribution in [0, 0.1) is 5.92 Å². The standard InChI is InChI=1S/C21H16Cl2N2O4S/c1-10(26)13-7-25-15(5-16(13)27)12-4-14(22)18(28-8-11-2-3-11)6-17(12)29-21(25)19-20(23)24-9-30-19/h4-7,9,11,21H,2-3,8H2,1H3. The number of nitrogens with zero attached hydrogens (tertiary/aromatic N) is 2. The van der Waals surface area contributed by atoms with Gasteiger partial charge in [-0.15, -0.1) is 11.3 Å². The van der Waals surface area contributed by atoms with Gasteiger partial charge in [-0.3, -0.25) is 9.59 Å². The summed E-state index contributed by atoms with van der Waals surface area (Å²) in [5.74, 6) is 1.31. The molecule has 1 atom stereocenters. The van der Waals surface area contributed by atoms with Gasteiger partial charge in [0, 0.05) is 23.9 Å². The van der Waals surface area contributed by atoms with Crippen molar-refractivity contribution in [3.63, 3.8) is 0 Å². The number of rotatable bonds is 5. The predicted molar refractivity (Wildman–Crippen MR) is 115 cm³/mol. The third-order valence-corrected chi connectivity index (χ3v) is 6.77. The predicted octanol–water partition coefficient (Wildman–Crippen LogP) is 5.21. The van der Waals surface area contributed by atoms with Gasteiger partial charge in [-0.05, 0) is 31.7 Å². The molecule has 0 amide bonds. The molecule has 2 aromatic heterocycles. The van der Waals surface area contributed by atoms with Crippen molar-refractivity contribution in [2.24, 2.45) is 5.92 Å². The maximum atomic E-state index is 12.6. The number of pyridine rings is 1. The Morgan fingerprint density at radius 3 is 2.80 bits per heavy atom. The van der Waals surface area contributed by atoms with Crippen LogP contribution in [0.15, 0.2) is 34.7 Å². The lowest BCUT2D eigenvalue weighted by Crippen LogP contribution is -2.27. The highest BCUT2D eigenvalue weighted by atomic mass is 35.5. The van der Waals surface area contributed by atoms with Crippen LogP contribution in [0.25, 0.3) is 11.3 Å². The number of halogens is 2. The molecule has 0 bridgehead atoms. The number of carbonyl (C=O) groups excluding carboxylic acids is 1. The van der Waals surface area contributed by atoms with Gasteiger partial charge in [-0.1, -0.05) is 23.2 Å². The van der Waals surface area contributed by atoms with Crippen LogP contribution in [0.1, 0.15) is 41.2 Å². The van der Waals surface area contributed by atoms with Gasteiger partial charge >= 0.3 is 0 Å². The second kappa shape index (κ2) is 7.41. The highest BCUT2D eigenvalue weighted by Gasteiger charge is 2.32. The van der Waals surface area contributed by atoms with Crippen molar-refractivity contribution in [1.29, 1.82) is 0 Å². The molecule has 1 fully saturated rings. The van der Waals surface area contributed by atoms with Crippen LogP contribution in [-0.4, -0.2) is 21.9 Å². The Labute approximate surface area is 186 Å². The number of aromatic nitrogens is 2. The Balaban J connectivity index is 1.68. The summed E-state index contributed by atoms with van der Waals surface area (Å²) < 4.78 is 13.9. The molecule has 0 saturated heterocycles. The van der Waals surface area contributed by atoms with E-state index in [0.29, 0.717) is 50.3 Å². The molecular formula is C21H16Cl2N2O4S. The Kier molecular flexibility index (Phi) is 4.84. The van der Waals surface area contributed by atoms with E-state index in [4.69, 9.17) is 32.7 Å². The molecule has 154 valence electrons. The van der Waals surface area contributed by atoms with E-state index in [-0.39, 0.29) is 16.8 Å². The first-order valence-corrected chi connectivity index (χ1v) is 11.1. The number of hydrogen-bond acceptors (Lipinski definition) is 6. The van der Waals surface area contributed by atoms with Crippen molar-refractivity contribution in [2.75, 3.05) is 6.61 Å². The van der Waals surface area contributed by atoms with Gasteiger partial charge < -0.3 is 14.0 Å². The summed E-state index contributed by atoms with van der Waals surface area (Å²) in [7, 11) is 0. The van der Waals surface area contributed by atoms with Gasteiger partial charge in [-0.25, -0.2) is 4.98 Å². The van der Waals surface area contributed by atoms with Crippen LogP contribution < -0.4 is 14.9 Å². The number of hydrogen-bond donors (Lipinski definition) is 0. The van der Waals surface area contributed by atoms with E-state index in [0.717, 1.165) is 0 Å². The topological polar surface area (TPSA) is 70.4 Å². The summed E-state index contributed by atoms with van der Waals surface area (Å²) >= 11 is 14.1. The van der Waals surface area contributed by atoms with Crippen LogP contribution in [0.5, 0.6) is 11.5 Å². The van der Waals surface area contributed by atoms with Crippen molar-refractivity contribution in [3.8, 4) is 22.8 Å². The third kappa shape index (κ3) is 3.41. The van der Waals surface area contributed by atoms with Crippen molar-refractivity contribution in [2.45, 2.75) is 26.0 Å². The molecule has 1 aliphatic carbocycles. The second-order valence-electron chi connectivity index (χ2n) is 7.41. The summed E-state index contributed by atoms with van der Waals surface area (Å²) in [4.78, 5) is 29.3. The molecule has 1 unspecified atom stereocenters. The minimum absolute atomic E-state index is 0.0759. The Bertz CT molecular complexity index is 1230. The van der Waals surface area contributed by atoms with Crippen LogP contribution in [0.4, 0.5) is 0 Å². The minimum Gasteiger partial charge on any atom is -0.492 e. The Morgan fingerprint density at radius 1 is 1.33 bits per heavy atom. The fourth-order valence-electron chi connectivity index (χ4n) is 3.42. The molecule has 0 spiro atoms. The van der Waals surface area contributed by atoms with Crippen LogP contribution >= 0.6 is 34.5 Å². The first-order valence-electron chi connectivity index (χ1n) is 9.41. The monoisotopic (exact) mass is 462 g/mol. The fraction of sp³-hybridized carbons (Fsp3) is 0.286. The third-order valence-electron chi connectivity index (χ3n) is 5.21. The van der Waals surface area contributed by atoms with Gasteiger partial charge in [0.2, 0.25) is 6.23 Å². The molecule has 3 heterocycles. The van der Waals surface area contributed by atoms with Crippen LogP contribution in [0.3, 0.4) is 0 Å². The van der Waals surface area contributed by atoms with E-state index < -0.39 is 6.23 Å². The van der Waals surface area contributed by atoms with Crippen molar-refractivity contribution in [1.82, 2.24) is 9.55 Å². The highest BCUT2D eigenvalue weighted by molar-refractivity contribution is 7.10. The smallest absolute Gasteiger partial charge is 0.214 e. The summed E-state index contributed by atoms with van der Waals surface area (Å²) in [5, 5.41) is 0.739. The molecule has 1 aliphatic heterocycles. The number of carbonyl (C=O) groups is 1. The number of fused-ring (bicyclic) bond motifs is 3. The molecular weight excluding hydrogens is 447 g/mol. The van der Waals surface area contributed by atoms with Crippen LogP contribution in [-0.2, 0) is 0 Å². The molecule has 0 radical (unpaired) electrons. The maximum absolute atomic E-state index is 12.6. The average molecular weight is 463 g/mol. The lowest BCUT2D eigenvalue weighted by atomic mass is 10.0. The van der Waals surface area contributed by atoms with Gasteiger partial charge in [0.05, 0.1) is 28.4 Å². The number of ether oxygens (including phenoxy) is 2. The minimum atomic E-state index is -0.677. The van der Waals surface area contributed by atoms with E-state index in [1.54, 1.807) is 22.2 Å².